The topological polar surface area (TPSA) is 191 Å². The molecule has 3 aliphatic rings. The van der Waals surface area contributed by atoms with Crippen LogP contribution in [0.2, 0.25) is 0 Å². The van der Waals surface area contributed by atoms with E-state index in [0.717, 1.165) is 25.0 Å². The highest BCUT2D eigenvalue weighted by Gasteiger charge is 2.45. The number of carbonyl (C=O) groups excluding carboxylic acids is 5. The van der Waals surface area contributed by atoms with Crippen LogP contribution in [0.1, 0.15) is 38.5 Å². The van der Waals surface area contributed by atoms with Crippen LogP contribution in [0.3, 0.4) is 0 Å². The Labute approximate surface area is 220 Å². The van der Waals surface area contributed by atoms with Crippen molar-refractivity contribution in [2.24, 2.45) is 0 Å². The number of unbranched alkanes of at least 4 members (excludes halogenated alkanes) is 1. The number of hydrogen-bond acceptors (Lipinski definition) is 12. The zero-order valence-corrected chi connectivity index (χ0v) is 22.4. The highest BCUT2D eigenvalue weighted by atomic mass is 33.1. The van der Waals surface area contributed by atoms with Crippen molar-refractivity contribution in [1.82, 2.24) is 21.0 Å². The second kappa shape index (κ2) is 13.2. The van der Waals surface area contributed by atoms with E-state index in [0.29, 0.717) is 29.7 Å². The van der Waals surface area contributed by atoms with Gasteiger partial charge >= 0.3 is 12.0 Å². The molecule has 0 radical (unpaired) electrons. The maximum Gasteiger partial charge on any atom is 0.334 e. The number of carbonyl (C=O) groups is 5. The quantitative estimate of drug-likeness (QED) is 0.0799. The summed E-state index contributed by atoms with van der Waals surface area (Å²) in [5.74, 6) is -1.53. The van der Waals surface area contributed by atoms with Crippen LogP contribution < -0.4 is 16.0 Å². The molecule has 0 aliphatic carbocycles. The van der Waals surface area contributed by atoms with E-state index in [-0.39, 0.29) is 35.5 Å². The Morgan fingerprint density at radius 3 is 2.61 bits per heavy atom. The Morgan fingerprint density at radius 2 is 1.89 bits per heavy atom. The molecule has 3 heterocycles. The van der Waals surface area contributed by atoms with Gasteiger partial charge in [0.15, 0.2) is 0 Å². The first-order chi connectivity index (χ1) is 17.1. The number of nitrogens with zero attached hydrogens (tertiary/aromatic N) is 1. The molecule has 3 aliphatic heterocycles. The van der Waals surface area contributed by atoms with Gasteiger partial charge in [-0.05, 0) is 12.8 Å². The minimum atomic E-state index is -5.01. The summed E-state index contributed by atoms with van der Waals surface area (Å²) in [6.07, 6.45) is 2.08. The number of nitrogens with one attached hydrogen (secondary N) is 3. The molecule has 202 valence electrons. The standard InChI is InChI=1S/C19H28N4O9S4/c24-14(4-2-1-3-12-17-11(10-33-12)21-19(28)22-17)20-6-8-35-34-7-5-16(26)32-23-15(25)9-13(18(23)27)36(29,30)31/h11-13,17H,1-10H2,(H,20,24)(H2,21,22,28)(H,29,30,31)/p-1. The van der Waals surface area contributed by atoms with E-state index in [1.165, 1.54) is 21.6 Å². The van der Waals surface area contributed by atoms with E-state index in [2.05, 4.69) is 20.8 Å². The molecule has 36 heavy (non-hydrogen) atoms. The highest BCUT2D eigenvalue weighted by molar-refractivity contribution is 8.76. The van der Waals surface area contributed by atoms with E-state index in [4.69, 9.17) is 0 Å². The van der Waals surface area contributed by atoms with Crippen molar-refractivity contribution in [3.63, 3.8) is 0 Å². The molecule has 13 nitrogen and oxygen atoms in total. The van der Waals surface area contributed by atoms with Crippen molar-refractivity contribution in [3.8, 4) is 0 Å². The molecule has 3 N–H and O–H groups in total. The summed E-state index contributed by atoms with van der Waals surface area (Å²) < 4.78 is 32.9. The van der Waals surface area contributed by atoms with E-state index in [1.54, 1.807) is 0 Å². The lowest BCUT2D eigenvalue weighted by Gasteiger charge is -2.16. The normalized spacial score (nSPS) is 25.5. The third kappa shape index (κ3) is 8.16. The number of hydrogen-bond donors (Lipinski definition) is 3. The SMILES string of the molecule is O=C(CCCCC1SCC2NC(=O)NC21)NCCSSCCC(=O)ON1C(=O)CC(S(=O)(=O)[O-])C1=O. The van der Waals surface area contributed by atoms with Gasteiger partial charge in [0, 0.05) is 35.5 Å². The van der Waals surface area contributed by atoms with Crippen molar-refractivity contribution < 1.29 is 41.8 Å². The van der Waals surface area contributed by atoms with Gasteiger partial charge in [-0.25, -0.2) is 18.0 Å². The molecule has 3 rings (SSSR count). The van der Waals surface area contributed by atoms with Crippen LogP contribution >= 0.6 is 33.3 Å². The lowest BCUT2D eigenvalue weighted by atomic mass is 10.0. The Morgan fingerprint density at radius 1 is 1.14 bits per heavy atom. The molecule has 0 saturated carbocycles. The van der Waals surface area contributed by atoms with E-state index in [1.807, 2.05) is 11.8 Å². The maximum absolute atomic E-state index is 12.0. The molecule has 0 aromatic carbocycles. The Kier molecular flexibility index (Phi) is 10.6. The van der Waals surface area contributed by atoms with Crippen LogP contribution in [0.25, 0.3) is 0 Å². The van der Waals surface area contributed by atoms with Gasteiger partial charge in [-0.1, -0.05) is 28.0 Å². The molecular formula is C19H27N4O9S4-. The molecule has 0 bridgehead atoms. The number of fused-ring (bicyclic) bond motifs is 1. The van der Waals surface area contributed by atoms with Crippen LogP contribution in [0.4, 0.5) is 4.79 Å². The Hall–Kier alpha value is -1.69. The van der Waals surface area contributed by atoms with Gasteiger partial charge in [-0.3, -0.25) is 14.4 Å². The van der Waals surface area contributed by atoms with E-state index >= 15 is 0 Å². The van der Waals surface area contributed by atoms with Crippen LogP contribution in [-0.4, -0.2) is 94.1 Å². The second-order valence-corrected chi connectivity index (χ2v) is 13.8. The fourth-order valence-corrected chi connectivity index (χ4v) is 8.00. The smallest absolute Gasteiger partial charge is 0.334 e. The minimum absolute atomic E-state index is 0.0321. The molecule has 4 unspecified atom stereocenters. The Balaban J connectivity index is 1.16. The summed E-state index contributed by atoms with van der Waals surface area (Å²) in [5, 5.41) is 7.06. The third-order valence-electron chi connectivity index (χ3n) is 5.66. The third-order valence-corrected chi connectivity index (χ3v) is 10.6. The van der Waals surface area contributed by atoms with Gasteiger partial charge in [0.25, 0.3) is 11.8 Å². The Bertz CT molecular complexity index is 980. The first-order valence-corrected chi connectivity index (χ1v) is 16.3. The van der Waals surface area contributed by atoms with Crippen molar-refractivity contribution in [2.45, 2.75) is 61.1 Å². The van der Waals surface area contributed by atoms with Gasteiger partial charge in [0.1, 0.15) is 15.4 Å². The number of hydroxylamine groups is 2. The molecule has 5 amide bonds. The van der Waals surface area contributed by atoms with E-state index in [9.17, 15) is 36.9 Å². The predicted octanol–water partition coefficient (Wildman–Crippen LogP) is -0.269. The van der Waals surface area contributed by atoms with E-state index < -0.39 is 39.6 Å². The maximum atomic E-state index is 12.0. The first-order valence-electron chi connectivity index (χ1n) is 11.3. The zero-order chi connectivity index (χ0) is 26.3. The zero-order valence-electron chi connectivity index (χ0n) is 19.1. The summed E-state index contributed by atoms with van der Waals surface area (Å²) in [6.45, 7) is 0.461. The monoisotopic (exact) mass is 583 g/mol. The van der Waals surface area contributed by atoms with Gasteiger partial charge in [0.05, 0.1) is 24.9 Å². The largest absolute Gasteiger partial charge is 0.747 e. The lowest BCUT2D eigenvalue weighted by molar-refractivity contribution is -0.197. The van der Waals surface area contributed by atoms with Crippen molar-refractivity contribution in [1.29, 1.82) is 0 Å². The molecule has 17 heteroatoms. The van der Waals surface area contributed by atoms with Gasteiger partial charge in [-0.2, -0.15) is 11.8 Å². The minimum Gasteiger partial charge on any atom is -0.747 e. The molecule has 4 atom stereocenters. The van der Waals surface area contributed by atoms with Gasteiger partial charge < -0.3 is 25.3 Å². The van der Waals surface area contributed by atoms with Crippen LogP contribution in [0.5, 0.6) is 0 Å². The summed E-state index contributed by atoms with van der Waals surface area (Å²) in [7, 11) is -2.25. The number of urea groups is 1. The first kappa shape index (κ1) is 28.9. The summed E-state index contributed by atoms with van der Waals surface area (Å²) in [4.78, 5) is 63.2. The molecule has 0 spiro atoms. The lowest BCUT2D eigenvalue weighted by Crippen LogP contribution is -2.36. The number of imide groups is 1. The molecule has 0 aromatic heterocycles. The second-order valence-electron chi connectivity index (χ2n) is 8.29. The van der Waals surface area contributed by atoms with Gasteiger partial charge in [0.2, 0.25) is 5.91 Å². The number of thioether (sulfide) groups is 1. The van der Waals surface area contributed by atoms with Crippen molar-refractivity contribution >= 4 is 73.2 Å². The summed E-state index contributed by atoms with van der Waals surface area (Å²) >= 11 is 1.85. The number of rotatable bonds is 14. The molecular weight excluding hydrogens is 556 g/mol. The average Bonchev–Trinajstić information content (AvgIpc) is 3.44. The average molecular weight is 584 g/mol. The molecule has 3 saturated heterocycles. The van der Waals surface area contributed by atoms with Crippen molar-refractivity contribution in [3.05, 3.63) is 0 Å². The molecule has 0 aromatic rings. The fourth-order valence-electron chi connectivity index (χ4n) is 3.89. The summed E-state index contributed by atoms with van der Waals surface area (Å²) in [5.41, 5.74) is 0. The van der Waals surface area contributed by atoms with Crippen molar-refractivity contribution in [2.75, 3.05) is 23.8 Å². The van der Waals surface area contributed by atoms with Crippen LogP contribution in [-0.2, 0) is 34.1 Å². The predicted molar refractivity (Wildman–Crippen MR) is 133 cm³/mol. The van der Waals surface area contributed by atoms with Gasteiger partial charge in [-0.15, -0.1) is 5.06 Å². The fraction of sp³-hybridized carbons (Fsp3) is 0.737. The van der Waals surface area contributed by atoms with Crippen LogP contribution in [0.15, 0.2) is 0 Å². The number of amides is 5. The summed E-state index contributed by atoms with van der Waals surface area (Å²) in [6, 6.07) is 0.275. The van der Waals surface area contributed by atoms with Crippen LogP contribution in [0, 0.1) is 0 Å². The highest BCUT2D eigenvalue weighted by Crippen LogP contribution is 2.33. The molecule has 3 fully saturated rings.